The van der Waals surface area contributed by atoms with E-state index in [2.05, 4.69) is 15.0 Å². The Morgan fingerprint density at radius 2 is 1.72 bits per heavy atom. The van der Waals surface area contributed by atoms with Crippen LogP contribution in [0.5, 0.6) is 11.6 Å². The number of nitrogens with zero attached hydrogens (tertiary/aromatic N) is 1. The molecule has 0 aliphatic carbocycles. The Labute approximate surface area is 167 Å². The first-order valence-electron chi connectivity index (χ1n) is 8.68. The molecule has 29 heavy (non-hydrogen) atoms. The standard InChI is InChI=1S/C20H18FN3O4S/c1-2-22-20(25)14-3-12-19(23-13-14)28-17-8-6-16(7-9-17)24-29(26,27)18-10-4-15(21)5-11-18/h3-13,24H,2H2,1H3,(H,22,25). The van der Waals surface area contributed by atoms with Gasteiger partial charge in [-0.05, 0) is 61.5 Å². The van der Waals surface area contributed by atoms with Gasteiger partial charge < -0.3 is 10.1 Å². The van der Waals surface area contributed by atoms with E-state index < -0.39 is 15.8 Å². The number of halogens is 1. The highest BCUT2D eigenvalue weighted by atomic mass is 32.2. The molecule has 1 amide bonds. The van der Waals surface area contributed by atoms with Gasteiger partial charge in [0.2, 0.25) is 5.88 Å². The van der Waals surface area contributed by atoms with Gasteiger partial charge in [-0.25, -0.2) is 17.8 Å². The average Bonchev–Trinajstić information content (AvgIpc) is 2.70. The Balaban J connectivity index is 1.65. The minimum absolute atomic E-state index is 0.0457. The minimum Gasteiger partial charge on any atom is -0.439 e. The molecule has 9 heteroatoms. The van der Waals surface area contributed by atoms with Crippen molar-refractivity contribution in [2.75, 3.05) is 11.3 Å². The van der Waals surface area contributed by atoms with E-state index in [0.717, 1.165) is 12.1 Å². The summed E-state index contributed by atoms with van der Waals surface area (Å²) >= 11 is 0. The van der Waals surface area contributed by atoms with Crippen molar-refractivity contribution >= 4 is 21.6 Å². The molecule has 150 valence electrons. The molecule has 1 aromatic heterocycles. The van der Waals surface area contributed by atoms with Crippen molar-refractivity contribution in [3.8, 4) is 11.6 Å². The third-order valence-corrected chi connectivity index (χ3v) is 5.19. The molecule has 0 spiro atoms. The second-order valence-electron chi connectivity index (χ2n) is 5.93. The van der Waals surface area contributed by atoms with E-state index in [1.807, 2.05) is 6.92 Å². The van der Waals surface area contributed by atoms with Crippen LogP contribution in [0.3, 0.4) is 0 Å². The van der Waals surface area contributed by atoms with Gasteiger partial charge in [0.05, 0.1) is 10.5 Å². The Kier molecular flexibility index (Phi) is 6.08. The number of sulfonamides is 1. The lowest BCUT2D eigenvalue weighted by Crippen LogP contribution is -2.22. The molecule has 0 fully saturated rings. The number of rotatable bonds is 7. The lowest BCUT2D eigenvalue weighted by Gasteiger charge is -2.09. The van der Waals surface area contributed by atoms with E-state index in [1.54, 1.807) is 24.3 Å². The zero-order valence-corrected chi connectivity index (χ0v) is 16.2. The maximum atomic E-state index is 13.0. The summed E-state index contributed by atoms with van der Waals surface area (Å²) in [6.07, 6.45) is 1.41. The summed E-state index contributed by atoms with van der Waals surface area (Å²) < 4.78 is 45.6. The maximum absolute atomic E-state index is 13.0. The van der Waals surface area contributed by atoms with Crippen LogP contribution >= 0.6 is 0 Å². The smallest absolute Gasteiger partial charge is 0.261 e. The molecule has 0 unspecified atom stereocenters. The SMILES string of the molecule is CCNC(=O)c1ccc(Oc2ccc(NS(=O)(=O)c3ccc(F)cc3)cc2)nc1. The van der Waals surface area contributed by atoms with Gasteiger partial charge in [0.25, 0.3) is 15.9 Å². The van der Waals surface area contributed by atoms with Crippen LogP contribution in [0.25, 0.3) is 0 Å². The van der Waals surface area contributed by atoms with E-state index in [-0.39, 0.29) is 16.7 Å². The molecule has 2 N–H and O–H groups in total. The normalized spacial score (nSPS) is 11.0. The van der Waals surface area contributed by atoms with Crippen LogP contribution in [0.15, 0.2) is 71.8 Å². The average molecular weight is 415 g/mol. The zero-order valence-electron chi connectivity index (χ0n) is 15.4. The highest BCUT2D eigenvalue weighted by molar-refractivity contribution is 7.92. The first kappa shape index (κ1) is 20.3. The Morgan fingerprint density at radius 1 is 1.03 bits per heavy atom. The third kappa shape index (κ3) is 5.29. The van der Waals surface area contributed by atoms with Gasteiger partial charge in [-0.1, -0.05) is 0 Å². The van der Waals surface area contributed by atoms with Gasteiger partial charge in [0.15, 0.2) is 0 Å². The van der Waals surface area contributed by atoms with Crippen LogP contribution in [-0.4, -0.2) is 25.9 Å². The second-order valence-corrected chi connectivity index (χ2v) is 7.61. The topological polar surface area (TPSA) is 97.4 Å². The molecule has 3 rings (SSSR count). The number of carbonyl (C=O) groups excluding carboxylic acids is 1. The van der Waals surface area contributed by atoms with Gasteiger partial charge >= 0.3 is 0 Å². The fourth-order valence-electron chi connectivity index (χ4n) is 2.38. The fourth-order valence-corrected chi connectivity index (χ4v) is 3.44. The molecule has 0 aliphatic heterocycles. The van der Waals surface area contributed by atoms with Crippen molar-refractivity contribution in [3.63, 3.8) is 0 Å². The van der Waals surface area contributed by atoms with E-state index in [9.17, 15) is 17.6 Å². The van der Waals surface area contributed by atoms with Crippen molar-refractivity contribution in [1.29, 1.82) is 0 Å². The fraction of sp³-hybridized carbons (Fsp3) is 0.100. The Morgan fingerprint density at radius 3 is 2.31 bits per heavy atom. The van der Waals surface area contributed by atoms with Gasteiger partial charge in [-0.15, -0.1) is 0 Å². The number of nitrogens with one attached hydrogen (secondary N) is 2. The lowest BCUT2D eigenvalue weighted by atomic mass is 10.2. The van der Waals surface area contributed by atoms with Crippen molar-refractivity contribution in [3.05, 3.63) is 78.2 Å². The van der Waals surface area contributed by atoms with E-state index in [4.69, 9.17) is 4.74 Å². The van der Waals surface area contributed by atoms with Crippen LogP contribution in [0.2, 0.25) is 0 Å². The lowest BCUT2D eigenvalue weighted by molar-refractivity contribution is 0.0955. The molecule has 1 heterocycles. The highest BCUT2D eigenvalue weighted by Crippen LogP contribution is 2.23. The van der Waals surface area contributed by atoms with Crippen molar-refractivity contribution in [1.82, 2.24) is 10.3 Å². The largest absolute Gasteiger partial charge is 0.439 e. The Hall–Kier alpha value is -3.46. The zero-order chi connectivity index (χ0) is 20.9. The molecule has 0 radical (unpaired) electrons. The monoisotopic (exact) mass is 415 g/mol. The molecule has 0 bridgehead atoms. The van der Waals surface area contributed by atoms with Crippen LogP contribution in [0, 0.1) is 5.82 Å². The second kappa shape index (κ2) is 8.70. The van der Waals surface area contributed by atoms with Gasteiger partial charge in [-0.3, -0.25) is 9.52 Å². The molecule has 0 saturated carbocycles. The summed E-state index contributed by atoms with van der Waals surface area (Å²) in [4.78, 5) is 15.8. The molecule has 2 aromatic carbocycles. The summed E-state index contributed by atoms with van der Waals surface area (Å²) in [7, 11) is -3.83. The molecule has 7 nitrogen and oxygen atoms in total. The van der Waals surface area contributed by atoms with Gasteiger partial charge in [0, 0.05) is 24.5 Å². The van der Waals surface area contributed by atoms with E-state index in [1.165, 1.54) is 30.5 Å². The molecule has 0 atom stereocenters. The van der Waals surface area contributed by atoms with Gasteiger partial charge in [-0.2, -0.15) is 0 Å². The number of hydrogen-bond donors (Lipinski definition) is 2. The summed E-state index contributed by atoms with van der Waals surface area (Å²) in [6.45, 7) is 2.35. The first-order valence-corrected chi connectivity index (χ1v) is 10.2. The number of amides is 1. The number of aromatic nitrogens is 1. The summed E-state index contributed by atoms with van der Waals surface area (Å²) in [5, 5.41) is 2.68. The van der Waals surface area contributed by atoms with Crippen molar-refractivity contribution in [2.45, 2.75) is 11.8 Å². The maximum Gasteiger partial charge on any atom is 0.261 e. The number of carbonyl (C=O) groups is 1. The molecule has 0 saturated heterocycles. The Bertz CT molecular complexity index is 1080. The minimum atomic E-state index is -3.83. The predicted octanol–water partition coefficient (Wildman–Crippen LogP) is 3.56. The van der Waals surface area contributed by atoms with E-state index in [0.29, 0.717) is 23.5 Å². The van der Waals surface area contributed by atoms with Crippen LogP contribution in [0.4, 0.5) is 10.1 Å². The summed E-state index contributed by atoms with van der Waals surface area (Å²) in [5.41, 5.74) is 0.742. The van der Waals surface area contributed by atoms with Crippen molar-refractivity contribution in [2.24, 2.45) is 0 Å². The first-order chi connectivity index (χ1) is 13.9. The van der Waals surface area contributed by atoms with E-state index >= 15 is 0 Å². The summed E-state index contributed by atoms with van der Waals surface area (Å²) in [6, 6.07) is 13.9. The van der Waals surface area contributed by atoms with Crippen LogP contribution < -0.4 is 14.8 Å². The van der Waals surface area contributed by atoms with Crippen LogP contribution in [0.1, 0.15) is 17.3 Å². The molecular weight excluding hydrogens is 397 g/mol. The summed E-state index contributed by atoms with van der Waals surface area (Å²) in [5.74, 6) is -0.00638. The number of anilines is 1. The third-order valence-electron chi connectivity index (χ3n) is 3.79. The van der Waals surface area contributed by atoms with Crippen LogP contribution in [-0.2, 0) is 10.0 Å². The molecule has 0 aliphatic rings. The molecular formula is C20H18FN3O4S. The molecule has 3 aromatic rings. The van der Waals surface area contributed by atoms with Gasteiger partial charge in [0.1, 0.15) is 11.6 Å². The number of pyridine rings is 1. The quantitative estimate of drug-likeness (QED) is 0.615. The number of ether oxygens (including phenoxy) is 1. The highest BCUT2D eigenvalue weighted by Gasteiger charge is 2.14. The predicted molar refractivity (Wildman–Crippen MR) is 106 cm³/mol. The number of hydrogen-bond acceptors (Lipinski definition) is 5. The van der Waals surface area contributed by atoms with Crippen molar-refractivity contribution < 1.29 is 22.3 Å². The number of benzene rings is 2.